The molecule has 3 heterocycles. The van der Waals surface area contributed by atoms with Gasteiger partial charge in [-0.3, -0.25) is 14.7 Å². The minimum atomic E-state index is -5.08. The molecule has 1 aromatic heterocycles. The Hall–Kier alpha value is -2.42. The first-order valence-electron chi connectivity index (χ1n) is 8.99. The maximum absolute atomic E-state index is 12.6. The van der Waals surface area contributed by atoms with Gasteiger partial charge in [-0.2, -0.15) is 13.2 Å². The zero-order chi connectivity index (χ0) is 20.8. The molecule has 0 saturated carbocycles. The van der Waals surface area contributed by atoms with E-state index in [0.717, 1.165) is 45.4 Å². The Kier molecular flexibility index (Phi) is 7.17. The molecule has 0 unspecified atom stereocenters. The zero-order valence-corrected chi connectivity index (χ0v) is 15.5. The van der Waals surface area contributed by atoms with Crippen LogP contribution in [0.25, 0.3) is 0 Å². The highest BCUT2D eigenvalue weighted by Gasteiger charge is 2.47. The average Bonchev–Trinajstić information content (AvgIpc) is 2.94. The van der Waals surface area contributed by atoms with E-state index in [4.69, 9.17) is 9.90 Å². The lowest BCUT2D eigenvalue weighted by atomic mass is 9.77. The molecule has 6 nitrogen and oxygen atoms in total. The van der Waals surface area contributed by atoms with E-state index < -0.39 is 12.1 Å². The molecule has 2 saturated heterocycles. The highest BCUT2D eigenvalue weighted by Crippen LogP contribution is 2.41. The number of carbonyl (C=O) groups excluding carboxylic acids is 1. The van der Waals surface area contributed by atoms with Crippen LogP contribution in [-0.4, -0.2) is 64.1 Å². The molecule has 0 bridgehead atoms. The Morgan fingerprint density at radius 1 is 1.29 bits per heavy atom. The van der Waals surface area contributed by atoms with Gasteiger partial charge in [0.05, 0.1) is 5.41 Å². The number of halogens is 3. The second-order valence-corrected chi connectivity index (χ2v) is 7.01. The highest BCUT2D eigenvalue weighted by molar-refractivity contribution is 5.85. The Morgan fingerprint density at radius 2 is 1.89 bits per heavy atom. The molecule has 1 amide bonds. The van der Waals surface area contributed by atoms with E-state index in [0.29, 0.717) is 12.5 Å². The summed E-state index contributed by atoms with van der Waals surface area (Å²) in [6.45, 7) is 8.28. The SMILES string of the molecule is C=CCN1CCC2(CCN(Cc3cccnc3)CC2)C1=O.O=C(O)C(F)(F)F. The average molecular weight is 399 g/mol. The number of carboxylic acid groups (broad SMARTS) is 1. The summed E-state index contributed by atoms with van der Waals surface area (Å²) < 4.78 is 31.7. The largest absolute Gasteiger partial charge is 0.490 e. The lowest BCUT2D eigenvalue weighted by Gasteiger charge is -2.37. The Morgan fingerprint density at radius 3 is 2.39 bits per heavy atom. The molecule has 0 aliphatic carbocycles. The molecule has 2 fully saturated rings. The standard InChI is InChI=1S/C17H23N3O.C2HF3O2/c1-2-9-20-12-7-17(16(20)21)5-10-19(11-6-17)14-15-4-3-8-18-13-15;3-2(4,5)1(6)7/h2-4,8,13H,1,5-7,9-12,14H2;(H,6,7). The van der Waals surface area contributed by atoms with Crippen LogP contribution in [0.3, 0.4) is 0 Å². The van der Waals surface area contributed by atoms with Gasteiger partial charge in [-0.05, 0) is 44.0 Å². The Bertz CT molecular complexity index is 687. The van der Waals surface area contributed by atoms with Gasteiger partial charge in [0, 0.05) is 32.0 Å². The molecule has 154 valence electrons. The Balaban J connectivity index is 0.000000345. The first kappa shape index (κ1) is 21.9. The fourth-order valence-corrected chi connectivity index (χ4v) is 3.58. The van der Waals surface area contributed by atoms with Crippen LogP contribution in [0.4, 0.5) is 13.2 Å². The lowest BCUT2D eigenvalue weighted by Crippen LogP contribution is -2.44. The number of aromatic nitrogens is 1. The molecule has 0 radical (unpaired) electrons. The minimum Gasteiger partial charge on any atom is -0.475 e. The van der Waals surface area contributed by atoms with Gasteiger partial charge in [0.15, 0.2) is 0 Å². The summed E-state index contributed by atoms with van der Waals surface area (Å²) >= 11 is 0. The van der Waals surface area contributed by atoms with Gasteiger partial charge >= 0.3 is 12.1 Å². The van der Waals surface area contributed by atoms with Crippen molar-refractivity contribution < 1.29 is 27.9 Å². The molecule has 28 heavy (non-hydrogen) atoms. The number of aliphatic carboxylic acids is 1. The van der Waals surface area contributed by atoms with Crippen LogP contribution in [0.1, 0.15) is 24.8 Å². The van der Waals surface area contributed by atoms with E-state index in [1.807, 2.05) is 23.2 Å². The summed E-state index contributed by atoms with van der Waals surface area (Å²) in [5.74, 6) is -2.41. The molecule has 1 N–H and O–H groups in total. The minimum absolute atomic E-state index is 0.0888. The molecule has 1 spiro atoms. The number of likely N-dealkylation sites (tertiary alicyclic amines) is 2. The van der Waals surface area contributed by atoms with Crippen LogP contribution in [-0.2, 0) is 16.1 Å². The van der Waals surface area contributed by atoms with Crippen LogP contribution >= 0.6 is 0 Å². The van der Waals surface area contributed by atoms with Gasteiger partial charge in [0.25, 0.3) is 0 Å². The number of alkyl halides is 3. The Labute approximate surface area is 161 Å². The third-order valence-corrected chi connectivity index (χ3v) is 5.14. The van der Waals surface area contributed by atoms with E-state index in [1.165, 1.54) is 5.56 Å². The molecular formula is C19H24F3N3O3. The summed E-state index contributed by atoms with van der Waals surface area (Å²) in [5.41, 5.74) is 1.16. The monoisotopic (exact) mass is 399 g/mol. The first-order valence-corrected chi connectivity index (χ1v) is 8.99. The fraction of sp³-hybridized carbons (Fsp3) is 0.526. The van der Waals surface area contributed by atoms with E-state index in [-0.39, 0.29) is 5.41 Å². The fourth-order valence-electron chi connectivity index (χ4n) is 3.58. The number of pyridine rings is 1. The molecule has 2 aliphatic rings. The number of carboxylic acids is 1. The number of carbonyl (C=O) groups is 2. The smallest absolute Gasteiger partial charge is 0.475 e. The molecule has 3 rings (SSSR count). The van der Waals surface area contributed by atoms with Crippen molar-refractivity contribution in [2.75, 3.05) is 26.2 Å². The van der Waals surface area contributed by atoms with Crippen molar-refractivity contribution in [3.05, 3.63) is 42.7 Å². The van der Waals surface area contributed by atoms with Crippen molar-refractivity contribution in [3.8, 4) is 0 Å². The van der Waals surface area contributed by atoms with Gasteiger partial charge in [0.2, 0.25) is 5.91 Å². The van der Waals surface area contributed by atoms with E-state index in [1.54, 1.807) is 6.20 Å². The number of piperidine rings is 1. The number of hydrogen-bond acceptors (Lipinski definition) is 4. The summed E-state index contributed by atoms with van der Waals surface area (Å²) in [4.78, 5) is 30.0. The van der Waals surface area contributed by atoms with Gasteiger partial charge < -0.3 is 10.0 Å². The highest BCUT2D eigenvalue weighted by atomic mass is 19.4. The second-order valence-electron chi connectivity index (χ2n) is 7.01. The first-order chi connectivity index (χ1) is 13.2. The van der Waals surface area contributed by atoms with Crippen molar-refractivity contribution in [3.63, 3.8) is 0 Å². The maximum Gasteiger partial charge on any atom is 0.490 e. The van der Waals surface area contributed by atoms with E-state index in [2.05, 4.69) is 22.5 Å². The summed E-state index contributed by atoms with van der Waals surface area (Å²) in [6.07, 6.45) is 3.46. The van der Waals surface area contributed by atoms with Crippen molar-refractivity contribution in [1.82, 2.24) is 14.8 Å². The number of rotatable bonds is 4. The van der Waals surface area contributed by atoms with E-state index >= 15 is 0 Å². The summed E-state index contributed by atoms with van der Waals surface area (Å²) in [5, 5.41) is 7.12. The van der Waals surface area contributed by atoms with Gasteiger partial charge in [-0.15, -0.1) is 6.58 Å². The zero-order valence-electron chi connectivity index (χ0n) is 15.5. The molecule has 0 atom stereocenters. The topological polar surface area (TPSA) is 73.7 Å². The maximum atomic E-state index is 12.6. The van der Waals surface area contributed by atoms with Crippen molar-refractivity contribution >= 4 is 11.9 Å². The van der Waals surface area contributed by atoms with Crippen LogP contribution in [0.5, 0.6) is 0 Å². The third-order valence-electron chi connectivity index (χ3n) is 5.14. The van der Waals surface area contributed by atoms with Gasteiger partial charge in [-0.25, -0.2) is 4.79 Å². The third kappa shape index (κ3) is 5.54. The van der Waals surface area contributed by atoms with Crippen molar-refractivity contribution in [2.45, 2.75) is 32.0 Å². The lowest BCUT2D eigenvalue weighted by molar-refractivity contribution is -0.192. The number of nitrogens with zero attached hydrogens (tertiary/aromatic N) is 3. The number of hydrogen-bond donors (Lipinski definition) is 1. The summed E-state index contributed by atoms with van der Waals surface area (Å²) in [7, 11) is 0. The molecule has 2 aliphatic heterocycles. The molecular weight excluding hydrogens is 375 g/mol. The normalized spacial score (nSPS) is 19.2. The van der Waals surface area contributed by atoms with Gasteiger partial charge in [-0.1, -0.05) is 12.1 Å². The predicted molar refractivity (Wildman–Crippen MR) is 96.3 cm³/mol. The molecule has 0 aromatic carbocycles. The quantitative estimate of drug-likeness (QED) is 0.788. The molecule has 9 heteroatoms. The van der Waals surface area contributed by atoms with E-state index in [9.17, 15) is 18.0 Å². The van der Waals surface area contributed by atoms with Crippen LogP contribution < -0.4 is 0 Å². The van der Waals surface area contributed by atoms with Crippen LogP contribution in [0.2, 0.25) is 0 Å². The number of amides is 1. The second kappa shape index (κ2) is 9.18. The van der Waals surface area contributed by atoms with Crippen LogP contribution in [0.15, 0.2) is 37.2 Å². The predicted octanol–water partition coefficient (Wildman–Crippen LogP) is 2.72. The van der Waals surface area contributed by atoms with Gasteiger partial charge in [0.1, 0.15) is 0 Å². The van der Waals surface area contributed by atoms with Crippen molar-refractivity contribution in [1.29, 1.82) is 0 Å². The van der Waals surface area contributed by atoms with Crippen molar-refractivity contribution in [2.24, 2.45) is 5.41 Å². The van der Waals surface area contributed by atoms with Crippen LogP contribution in [0, 0.1) is 5.41 Å². The summed E-state index contributed by atoms with van der Waals surface area (Å²) in [6, 6.07) is 4.10. The molecule has 1 aromatic rings.